The first-order chi connectivity index (χ1) is 8.11. The minimum atomic E-state index is -0.143. The molecule has 3 nitrogen and oxygen atoms in total. The second-order valence-electron chi connectivity index (χ2n) is 3.12. The molecule has 1 aromatic carbocycles. The van der Waals surface area contributed by atoms with Gasteiger partial charge in [0.1, 0.15) is 0 Å². The molecule has 0 aromatic heterocycles. The molecule has 0 atom stereocenters. The van der Waals surface area contributed by atoms with E-state index < -0.39 is 0 Å². The third kappa shape index (κ3) is 3.55. The minimum Gasteiger partial charge on any atom is -0.504 e. The Kier molecular flexibility index (Phi) is 6.56. The first-order valence-electron chi connectivity index (χ1n) is 5.71. The lowest BCUT2D eigenvalue weighted by Gasteiger charge is -2.10. The summed E-state index contributed by atoms with van der Waals surface area (Å²) >= 11 is 0. The molecular formula is C14H21NO2. The summed E-state index contributed by atoms with van der Waals surface area (Å²) in [6, 6.07) is 4.80. The third-order valence-electron chi connectivity index (χ3n) is 2.22. The molecule has 3 heteroatoms. The molecule has 0 amide bonds. The van der Waals surface area contributed by atoms with Crippen molar-refractivity contribution in [1.29, 1.82) is 0 Å². The number of benzene rings is 1. The Morgan fingerprint density at radius 1 is 1.12 bits per heavy atom. The number of aromatic hydroxyl groups is 2. The molecule has 94 valence electrons. The van der Waals surface area contributed by atoms with Crippen molar-refractivity contribution in [2.75, 3.05) is 0 Å². The molecule has 0 saturated carbocycles. The number of rotatable bonds is 2. The average Bonchev–Trinajstić information content (AvgIpc) is 2.37. The molecule has 0 spiro atoms. The largest absolute Gasteiger partial charge is 0.504 e. The zero-order valence-electron chi connectivity index (χ0n) is 10.9. The van der Waals surface area contributed by atoms with Crippen molar-refractivity contribution in [3.63, 3.8) is 0 Å². The molecular weight excluding hydrogens is 214 g/mol. The molecule has 0 aliphatic heterocycles. The van der Waals surface area contributed by atoms with Crippen LogP contribution in [0.15, 0.2) is 36.0 Å². The summed E-state index contributed by atoms with van der Waals surface area (Å²) in [5, 5.41) is 19.0. The van der Waals surface area contributed by atoms with Crippen molar-refractivity contribution in [3.05, 3.63) is 41.6 Å². The van der Waals surface area contributed by atoms with Gasteiger partial charge in [-0.15, -0.1) is 0 Å². The first kappa shape index (κ1) is 15.1. The van der Waals surface area contributed by atoms with Crippen molar-refractivity contribution in [2.24, 2.45) is 5.73 Å². The lowest BCUT2D eigenvalue weighted by molar-refractivity contribution is 0.402. The van der Waals surface area contributed by atoms with Crippen molar-refractivity contribution in [2.45, 2.75) is 27.7 Å². The third-order valence-corrected chi connectivity index (χ3v) is 2.22. The lowest BCUT2D eigenvalue weighted by atomic mass is 10.0. The predicted molar refractivity (Wildman–Crippen MR) is 72.7 cm³/mol. The zero-order chi connectivity index (χ0) is 13.4. The quantitative estimate of drug-likeness (QED) is 0.543. The van der Waals surface area contributed by atoms with Crippen LogP contribution in [0.4, 0.5) is 0 Å². The van der Waals surface area contributed by atoms with Crippen LogP contribution < -0.4 is 5.73 Å². The Bertz CT molecular complexity index is 420. The van der Waals surface area contributed by atoms with E-state index in [-0.39, 0.29) is 11.5 Å². The number of hydrogen-bond donors (Lipinski definition) is 3. The summed E-state index contributed by atoms with van der Waals surface area (Å²) in [6.45, 7) is 7.65. The van der Waals surface area contributed by atoms with Gasteiger partial charge in [0.2, 0.25) is 0 Å². The summed E-state index contributed by atoms with van der Waals surface area (Å²) in [6.07, 6.45) is 3.54. The van der Waals surface area contributed by atoms with Crippen LogP contribution in [-0.4, -0.2) is 10.2 Å². The fraction of sp³-hybridized carbons (Fsp3) is 0.286. The second-order valence-corrected chi connectivity index (χ2v) is 3.12. The Morgan fingerprint density at radius 2 is 1.71 bits per heavy atom. The van der Waals surface area contributed by atoms with E-state index in [0.29, 0.717) is 16.8 Å². The van der Waals surface area contributed by atoms with Crippen LogP contribution in [0.1, 0.15) is 33.3 Å². The number of nitrogens with two attached hydrogens (primary N) is 1. The van der Waals surface area contributed by atoms with Crippen LogP contribution >= 0.6 is 0 Å². The summed E-state index contributed by atoms with van der Waals surface area (Å²) in [4.78, 5) is 0. The van der Waals surface area contributed by atoms with E-state index in [1.807, 2.05) is 27.7 Å². The molecule has 0 heterocycles. The molecule has 0 unspecified atom stereocenters. The summed E-state index contributed by atoms with van der Waals surface area (Å²) in [5.41, 5.74) is 7.60. The van der Waals surface area contributed by atoms with Crippen LogP contribution in [0.25, 0.3) is 5.57 Å². The molecule has 0 saturated heterocycles. The highest BCUT2D eigenvalue weighted by molar-refractivity contribution is 5.82. The standard InChI is InChI=1S/C12H15NO2.C2H6/c1-3-8(10(13)4-2)9-6-5-7-11(14)12(9)15;1-2/h3-7,14-15H,13H2,1-2H3;1-2H3/b8-3-,10-4+;. The molecule has 0 aliphatic rings. The van der Waals surface area contributed by atoms with Gasteiger partial charge in [0.25, 0.3) is 0 Å². The van der Waals surface area contributed by atoms with Crippen LogP contribution in [-0.2, 0) is 0 Å². The maximum atomic E-state index is 9.67. The maximum Gasteiger partial charge on any atom is 0.165 e. The molecule has 1 rings (SSSR count). The summed E-state index contributed by atoms with van der Waals surface area (Å²) in [7, 11) is 0. The Labute approximate surface area is 103 Å². The van der Waals surface area contributed by atoms with Crippen molar-refractivity contribution < 1.29 is 10.2 Å². The Morgan fingerprint density at radius 3 is 2.18 bits per heavy atom. The first-order valence-corrected chi connectivity index (χ1v) is 5.71. The number of allylic oxidation sites excluding steroid dienone is 3. The van der Waals surface area contributed by atoms with Gasteiger partial charge in [-0.25, -0.2) is 0 Å². The summed E-state index contributed by atoms with van der Waals surface area (Å²) < 4.78 is 0. The lowest BCUT2D eigenvalue weighted by Crippen LogP contribution is -2.00. The van der Waals surface area contributed by atoms with Crippen molar-refractivity contribution in [3.8, 4) is 11.5 Å². The normalized spacial score (nSPS) is 11.8. The Balaban J connectivity index is 0.00000121. The SMILES string of the molecule is C/C=C(\C(N)=C/C)c1cccc(O)c1O.CC. The smallest absolute Gasteiger partial charge is 0.165 e. The van der Waals surface area contributed by atoms with Gasteiger partial charge in [-0.05, 0) is 19.9 Å². The van der Waals surface area contributed by atoms with Gasteiger partial charge >= 0.3 is 0 Å². The minimum absolute atomic E-state index is 0.143. The van der Waals surface area contributed by atoms with E-state index in [9.17, 15) is 10.2 Å². The van der Waals surface area contributed by atoms with E-state index in [2.05, 4.69) is 0 Å². The van der Waals surface area contributed by atoms with Crippen LogP contribution in [0.5, 0.6) is 11.5 Å². The van der Waals surface area contributed by atoms with Crippen molar-refractivity contribution >= 4 is 5.57 Å². The predicted octanol–water partition coefficient (Wildman–Crippen LogP) is 3.39. The van der Waals surface area contributed by atoms with Crippen molar-refractivity contribution in [1.82, 2.24) is 0 Å². The van der Waals surface area contributed by atoms with Crippen LogP contribution in [0.3, 0.4) is 0 Å². The highest BCUT2D eigenvalue weighted by atomic mass is 16.3. The van der Waals surface area contributed by atoms with E-state index in [0.717, 1.165) is 0 Å². The maximum absolute atomic E-state index is 9.67. The van der Waals surface area contributed by atoms with E-state index in [4.69, 9.17) is 5.73 Å². The van der Waals surface area contributed by atoms with E-state index >= 15 is 0 Å². The van der Waals surface area contributed by atoms with Gasteiger partial charge < -0.3 is 15.9 Å². The second kappa shape index (κ2) is 7.39. The molecule has 0 bridgehead atoms. The molecule has 4 N–H and O–H groups in total. The zero-order valence-corrected chi connectivity index (χ0v) is 10.9. The van der Waals surface area contributed by atoms with Gasteiger partial charge in [-0.1, -0.05) is 38.1 Å². The van der Waals surface area contributed by atoms with Gasteiger partial charge in [0, 0.05) is 16.8 Å². The number of phenols is 2. The molecule has 0 aliphatic carbocycles. The van der Waals surface area contributed by atoms with Crippen LogP contribution in [0, 0.1) is 0 Å². The number of phenolic OH excluding ortho intramolecular Hbond substituents is 2. The fourth-order valence-electron chi connectivity index (χ4n) is 1.38. The number of hydrogen-bond acceptors (Lipinski definition) is 3. The van der Waals surface area contributed by atoms with Gasteiger partial charge in [0.05, 0.1) is 0 Å². The monoisotopic (exact) mass is 235 g/mol. The van der Waals surface area contributed by atoms with Crippen LogP contribution in [0.2, 0.25) is 0 Å². The topological polar surface area (TPSA) is 66.5 Å². The number of para-hydroxylation sites is 1. The van der Waals surface area contributed by atoms with E-state index in [1.54, 1.807) is 24.3 Å². The molecule has 0 radical (unpaired) electrons. The van der Waals surface area contributed by atoms with Gasteiger partial charge in [-0.2, -0.15) is 0 Å². The van der Waals surface area contributed by atoms with E-state index in [1.165, 1.54) is 6.07 Å². The summed E-state index contributed by atoms with van der Waals surface area (Å²) in [5.74, 6) is -0.286. The Hall–Kier alpha value is -1.90. The highest BCUT2D eigenvalue weighted by Gasteiger charge is 2.11. The fourth-order valence-corrected chi connectivity index (χ4v) is 1.38. The average molecular weight is 235 g/mol. The highest BCUT2D eigenvalue weighted by Crippen LogP contribution is 2.34. The van der Waals surface area contributed by atoms with Gasteiger partial charge in [0.15, 0.2) is 11.5 Å². The molecule has 1 aromatic rings. The molecule has 17 heavy (non-hydrogen) atoms. The van der Waals surface area contributed by atoms with Gasteiger partial charge in [-0.3, -0.25) is 0 Å². The molecule has 0 fully saturated rings.